The quantitative estimate of drug-likeness (QED) is 0.463. The van der Waals surface area contributed by atoms with Crippen molar-refractivity contribution in [2.75, 3.05) is 41.0 Å². The highest BCUT2D eigenvalue weighted by molar-refractivity contribution is 5.79. The van der Waals surface area contributed by atoms with E-state index in [4.69, 9.17) is 14.2 Å². The van der Waals surface area contributed by atoms with Gasteiger partial charge >= 0.3 is 5.97 Å². The highest BCUT2D eigenvalue weighted by Crippen LogP contribution is 2.20. The van der Waals surface area contributed by atoms with Crippen molar-refractivity contribution in [3.8, 4) is 5.75 Å². The number of methoxy groups -OCH3 is 3. The van der Waals surface area contributed by atoms with Crippen LogP contribution in [-0.2, 0) is 19.1 Å². The average Bonchev–Trinajstić information content (AvgIpc) is 2.61. The summed E-state index contributed by atoms with van der Waals surface area (Å²) in [5.74, 6) is 0.142. The number of carbonyl (C=O) groups is 2. The summed E-state index contributed by atoms with van der Waals surface area (Å²) in [5.41, 5.74) is 0.814. The third-order valence-corrected chi connectivity index (χ3v) is 3.44. The van der Waals surface area contributed by atoms with Crippen molar-refractivity contribution in [3.05, 3.63) is 29.8 Å². The molecule has 7 nitrogen and oxygen atoms in total. The van der Waals surface area contributed by atoms with E-state index in [-0.39, 0.29) is 24.8 Å². The minimum absolute atomic E-state index is 0.0677. The van der Waals surface area contributed by atoms with Crippen LogP contribution in [0.25, 0.3) is 0 Å². The lowest BCUT2D eigenvalue weighted by Crippen LogP contribution is -2.37. The van der Waals surface area contributed by atoms with Crippen molar-refractivity contribution in [3.63, 3.8) is 0 Å². The van der Waals surface area contributed by atoms with Gasteiger partial charge in [0, 0.05) is 13.7 Å². The molecule has 134 valence electrons. The van der Waals surface area contributed by atoms with Gasteiger partial charge in [-0.2, -0.15) is 0 Å². The highest BCUT2D eigenvalue weighted by atomic mass is 16.5. The molecule has 0 aliphatic rings. The molecule has 0 aliphatic carbocycles. The highest BCUT2D eigenvalue weighted by Gasteiger charge is 2.18. The largest absolute Gasteiger partial charge is 0.497 e. The Morgan fingerprint density at radius 1 is 1.12 bits per heavy atom. The molecule has 1 unspecified atom stereocenters. The van der Waals surface area contributed by atoms with Gasteiger partial charge in [-0.3, -0.25) is 9.59 Å². The summed E-state index contributed by atoms with van der Waals surface area (Å²) in [4.78, 5) is 23.7. The smallest absolute Gasteiger partial charge is 0.307 e. The Morgan fingerprint density at radius 3 is 2.42 bits per heavy atom. The molecule has 0 saturated carbocycles. The van der Waals surface area contributed by atoms with Gasteiger partial charge in [0.05, 0.1) is 33.2 Å². The predicted molar refractivity (Wildman–Crippen MR) is 89.9 cm³/mol. The van der Waals surface area contributed by atoms with Crippen LogP contribution in [0.5, 0.6) is 5.75 Å². The van der Waals surface area contributed by atoms with E-state index in [1.165, 1.54) is 7.11 Å². The molecular weight excluding hydrogens is 312 g/mol. The summed E-state index contributed by atoms with van der Waals surface area (Å²) in [7, 11) is 4.55. The number of esters is 1. The maximum Gasteiger partial charge on any atom is 0.307 e. The van der Waals surface area contributed by atoms with Crippen molar-refractivity contribution < 1.29 is 23.8 Å². The van der Waals surface area contributed by atoms with Crippen molar-refractivity contribution >= 4 is 11.9 Å². The van der Waals surface area contributed by atoms with Gasteiger partial charge in [0.25, 0.3) is 0 Å². The monoisotopic (exact) mass is 338 g/mol. The lowest BCUT2D eigenvalue weighted by atomic mass is 10.0. The number of carbonyl (C=O) groups excluding carboxylic acids is 2. The van der Waals surface area contributed by atoms with Crippen LogP contribution in [0, 0.1) is 0 Å². The zero-order valence-electron chi connectivity index (χ0n) is 14.5. The molecule has 1 aromatic rings. The first-order valence-corrected chi connectivity index (χ1v) is 7.80. The molecule has 0 bridgehead atoms. The Kier molecular flexibility index (Phi) is 9.48. The van der Waals surface area contributed by atoms with Crippen LogP contribution in [0.2, 0.25) is 0 Å². The number of hydrogen-bond acceptors (Lipinski definition) is 6. The molecule has 0 aliphatic heterocycles. The van der Waals surface area contributed by atoms with Gasteiger partial charge in [-0.15, -0.1) is 0 Å². The third-order valence-electron chi connectivity index (χ3n) is 3.44. The molecule has 2 N–H and O–H groups in total. The van der Waals surface area contributed by atoms with Gasteiger partial charge in [-0.1, -0.05) is 12.1 Å². The molecular formula is C17H26N2O5. The summed E-state index contributed by atoms with van der Waals surface area (Å²) in [6.07, 6.45) is 0.895. The number of rotatable bonds is 11. The Hall–Kier alpha value is -2.12. The Bertz CT molecular complexity index is 504. The topological polar surface area (TPSA) is 85.9 Å². The first kappa shape index (κ1) is 19.9. The van der Waals surface area contributed by atoms with Crippen LogP contribution in [0.3, 0.4) is 0 Å². The number of ether oxygens (including phenoxy) is 3. The minimum Gasteiger partial charge on any atom is -0.497 e. The van der Waals surface area contributed by atoms with E-state index in [9.17, 15) is 9.59 Å². The van der Waals surface area contributed by atoms with Crippen LogP contribution < -0.4 is 15.4 Å². The van der Waals surface area contributed by atoms with E-state index in [1.807, 2.05) is 12.1 Å². The number of amides is 1. The second-order valence-electron chi connectivity index (χ2n) is 5.20. The standard InChI is InChI=1S/C17H26N2O5/c1-22-10-4-9-18-12-16(20)19-15(11-17(21)24-3)13-5-7-14(23-2)8-6-13/h5-8,15,18H,4,9-12H2,1-3H3,(H,19,20). The molecule has 7 heteroatoms. The Balaban J connectivity index is 2.61. The van der Waals surface area contributed by atoms with Gasteiger partial charge in [0.2, 0.25) is 5.91 Å². The summed E-state index contributed by atoms with van der Waals surface area (Å²) in [6.45, 7) is 1.51. The van der Waals surface area contributed by atoms with E-state index < -0.39 is 6.04 Å². The van der Waals surface area contributed by atoms with Gasteiger partial charge in [0.15, 0.2) is 0 Å². The molecule has 0 fully saturated rings. The van der Waals surface area contributed by atoms with Crippen molar-refractivity contribution in [2.24, 2.45) is 0 Å². The van der Waals surface area contributed by atoms with E-state index >= 15 is 0 Å². The molecule has 24 heavy (non-hydrogen) atoms. The zero-order valence-corrected chi connectivity index (χ0v) is 14.5. The first-order chi connectivity index (χ1) is 11.6. The van der Waals surface area contributed by atoms with Gasteiger partial charge in [0.1, 0.15) is 5.75 Å². The van der Waals surface area contributed by atoms with E-state index in [0.717, 1.165) is 12.0 Å². The van der Waals surface area contributed by atoms with E-state index in [1.54, 1.807) is 26.4 Å². The molecule has 1 rings (SSSR count). The summed E-state index contributed by atoms with van der Waals surface area (Å²) < 4.78 is 14.8. The lowest BCUT2D eigenvalue weighted by Gasteiger charge is -2.19. The summed E-state index contributed by atoms with van der Waals surface area (Å²) in [6, 6.07) is 6.76. The van der Waals surface area contributed by atoms with Crippen molar-refractivity contribution in [1.29, 1.82) is 0 Å². The second-order valence-corrected chi connectivity index (χ2v) is 5.20. The van der Waals surface area contributed by atoms with Crippen LogP contribution in [-0.4, -0.2) is 52.9 Å². The molecule has 0 saturated heterocycles. The zero-order chi connectivity index (χ0) is 17.8. The molecule has 0 aromatic heterocycles. The fourth-order valence-electron chi connectivity index (χ4n) is 2.13. The fraction of sp³-hybridized carbons (Fsp3) is 0.529. The molecule has 0 spiro atoms. The third kappa shape index (κ3) is 7.43. The first-order valence-electron chi connectivity index (χ1n) is 7.80. The maximum absolute atomic E-state index is 12.1. The van der Waals surface area contributed by atoms with Crippen LogP contribution in [0.1, 0.15) is 24.4 Å². The number of nitrogens with one attached hydrogen (secondary N) is 2. The van der Waals surface area contributed by atoms with Gasteiger partial charge in [-0.25, -0.2) is 0 Å². The Labute approximate surface area is 142 Å². The minimum atomic E-state index is -0.448. The van der Waals surface area contributed by atoms with Crippen LogP contribution in [0.4, 0.5) is 0 Å². The molecule has 0 heterocycles. The van der Waals surface area contributed by atoms with Crippen molar-refractivity contribution in [2.45, 2.75) is 18.9 Å². The van der Waals surface area contributed by atoms with Crippen LogP contribution >= 0.6 is 0 Å². The number of hydrogen-bond donors (Lipinski definition) is 2. The molecule has 0 radical (unpaired) electrons. The summed E-state index contributed by atoms with van der Waals surface area (Å²) in [5, 5.41) is 5.89. The number of benzene rings is 1. The van der Waals surface area contributed by atoms with Gasteiger partial charge < -0.3 is 24.8 Å². The summed E-state index contributed by atoms with van der Waals surface area (Å²) >= 11 is 0. The second kappa shape index (κ2) is 11.4. The lowest BCUT2D eigenvalue weighted by molar-refractivity contribution is -0.141. The molecule has 1 atom stereocenters. The normalized spacial score (nSPS) is 11.6. The molecule has 1 aromatic carbocycles. The average molecular weight is 338 g/mol. The van der Waals surface area contributed by atoms with E-state index in [0.29, 0.717) is 18.9 Å². The maximum atomic E-state index is 12.1. The predicted octanol–water partition coefficient (Wildman–Crippen LogP) is 1.04. The van der Waals surface area contributed by atoms with Crippen LogP contribution in [0.15, 0.2) is 24.3 Å². The Morgan fingerprint density at radius 2 is 1.83 bits per heavy atom. The molecule has 1 amide bonds. The van der Waals surface area contributed by atoms with E-state index in [2.05, 4.69) is 10.6 Å². The van der Waals surface area contributed by atoms with Crippen molar-refractivity contribution in [1.82, 2.24) is 10.6 Å². The van der Waals surface area contributed by atoms with Gasteiger partial charge in [-0.05, 0) is 30.7 Å². The fourth-order valence-corrected chi connectivity index (χ4v) is 2.13. The SMILES string of the molecule is COCCCNCC(=O)NC(CC(=O)OC)c1ccc(OC)cc1.